The van der Waals surface area contributed by atoms with Gasteiger partial charge < -0.3 is 9.72 Å². The number of unbranched alkanes of at least 4 members (excludes halogenated alkanes) is 1. The molecule has 0 unspecified atom stereocenters. The van der Waals surface area contributed by atoms with Gasteiger partial charge in [0, 0.05) is 31.0 Å². The Labute approximate surface area is 305 Å². The summed E-state index contributed by atoms with van der Waals surface area (Å²) in [7, 11) is 0. The monoisotopic (exact) mass is 719 g/mol. The molecule has 0 spiro atoms. The molecule has 1 aliphatic rings. The zero-order valence-corrected chi connectivity index (χ0v) is 30.0. The molecule has 4 aromatic heterocycles. The molecule has 53 heavy (non-hydrogen) atoms. The number of pyridine rings is 2. The molecule has 0 aliphatic heterocycles. The molecule has 0 saturated heterocycles. The number of hydrogen-bond donors (Lipinski definition) is 1. The van der Waals surface area contributed by atoms with Gasteiger partial charge in [0.05, 0.1) is 17.3 Å². The number of imidazole rings is 1. The minimum atomic E-state index is -0.673. The van der Waals surface area contributed by atoms with Gasteiger partial charge in [-0.15, -0.1) is 0 Å². The molecule has 7 rings (SSSR count). The van der Waals surface area contributed by atoms with Crippen molar-refractivity contribution in [3.8, 4) is 16.8 Å². The standard InChI is InChI=1S/C41H43F2N7O3/c1-3-5-20-47(19-4-2)24-27-9-11-28(12-10-27)29-7-6-8-34(21-29)49-38-35(22-31(43)23-44-38)40(52)50(41(49)53)33-16-14-32(15-17-33)45-39(51)36-26-48-25-30(42)13-18-37(48)46-36/h6-13,18,21-23,25-26,32-33H,3-5,14-17,19-20,24H2,1-2H3,(H,45,51). The molecule has 274 valence electrons. The smallest absolute Gasteiger partial charge is 0.337 e. The number of nitrogens with zero attached hydrogens (tertiary/aromatic N) is 6. The first kappa shape index (κ1) is 35.9. The number of nitrogens with one attached hydrogen (secondary N) is 1. The molecule has 12 heteroatoms. The molecular weight excluding hydrogens is 676 g/mol. The van der Waals surface area contributed by atoms with Crippen molar-refractivity contribution in [2.45, 2.75) is 77.4 Å². The van der Waals surface area contributed by atoms with Crippen LogP contribution in [0, 0.1) is 11.6 Å². The van der Waals surface area contributed by atoms with Crippen LogP contribution in [0.5, 0.6) is 0 Å². The molecule has 6 aromatic rings. The molecular formula is C41H43F2N7O3. The van der Waals surface area contributed by atoms with Crippen LogP contribution >= 0.6 is 0 Å². The van der Waals surface area contributed by atoms with E-state index in [1.54, 1.807) is 6.07 Å². The van der Waals surface area contributed by atoms with Crippen LogP contribution in [0.3, 0.4) is 0 Å². The maximum Gasteiger partial charge on any atom is 0.337 e. The zero-order chi connectivity index (χ0) is 37.1. The van der Waals surface area contributed by atoms with Crippen molar-refractivity contribution in [1.82, 2.24) is 33.7 Å². The first-order valence-corrected chi connectivity index (χ1v) is 18.4. The van der Waals surface area contributed by atoms with E-state index in [0.717, 1.165) is 55.9 Å². The van der Waals surface area contributed by atoms with E-state index in [1.165, 1.54) is 50.0 Å². The second-order valence-electron chi connectivity index (χ2n) is 13.9. The Morgan fingerprint density at radius 3 is 2.43 bits per heavy atom. The highest BCUT2D eigenvalue weighted by Crippen LogP contribution is 2.29. The van der Waals surface area contributed by atoms with E-state index in [1.807, 2.05) is 18.2 Å². The quantitative estimate of drug-likeness (QED) is 0.145. The SMILES string of the molecule is CCCCN(CCC)Cc1ccc(-c2cccc(-n3c(=O)n(C4CCC(NC(=O)c5cn6cc(F)ccc6n5)CC4)c(=O)c4cc(F)cnc43)c2)cc1. The Bertz CT molecular complexity index is 2380. The van der Waals surface area contributed by atoms with Crippen LogP contribution in [0.1, 0.15) is 80.9 Å². The molecule has 1 aliphatic carbocycles. The number of aromatic nitrogens is 5. The highest BCUT2D eigenvalue weighted by Gasteiger charge is 2.28. The van der Waals surface area contributed by atoms with E-state index in [2.05, 4.69) is 58.3 Å². The van der Waals surface area contributed by atoms with Crippen LogP contribution in [-0.2, 0) is 6.54 Å². The Hall–Kier alpha value is -5.49. The van der Waals surface area contributed by atoms with Gasteiger partial charge in [-0.05, 0) is 98.6 Å². The van der Waals surface area contributed by atoms with Gasteiger partial charge >= 0.3 is 5.69 Å². The molecule has 1 fully saturated rings. The minimum Gasteiger partial charge on any atom is -0.348 e. The van der Waals surface area contributed by atoms with Gasteiger partial charge in [0.2, 0.25) is 0 Å². The lowest BCUT2D eigenvalue weighted by Crippen LogP contribution is -2.45. The van der Waals surface area contributed by atoms with Crippen molar-refractivity contribution in [3.63, 3.8) is 0 Å². The summed E-state index contributed by atoms with van der Waals surface area (Å²) in [5, 5.41) is 3.00. The second-order valence-corrected chi connectivity index (χ2v) is 13.9. The van der Waals surface area contributed by atoms with Gasteiger partial charge in [0.1, 0.15) is 23.0 Å². The summed E-state index contributed by atoms with van der Waals surface area (Å²) in [5.74, 6) is -1.50. The third-order valence-corrected chi connectivity index (χ3v) is 10.1. The van der Waals surface area contributed by atoms with Gasteiger partial charge in [-0.3, -0.25) is 19.1 Å². The molecule has 0 atom stereocenters. The number of rotatable bonds is 12. The van der Waals surface area contributed by atoms with Crippen molar-refractivity contribution in [2.75, 3.05) is 13.1 Å². The lowest BCUT2D eigenvalue weighted by Gasteiger charge is -2.30. The fourth-order valence-electron chi connectivity index (χ4n) is 7.40. The van der Waals surface area contributed by atoms with Gasteiger partial charge in [0.15, 0.2) is 5.65 Å². The number of amides is 1. The first-order chi connectivity index (χ1) is 25.7. The summed E-state index contributed by atoms with van der Waals surface area (Å²) >= 11 is 0. The summed E-state index contributed by atoms with van der Waals surface area (Å²) in [4.78, 5) is 52.2. The Kier molecular flexibility index (Phi) is 10.6. The maximum atomic E-state index is 14.6. The molecule has 0 radical (unpaired) electrons. The molecule has 10 nitrogen and oxygen atoms in total. The molecule has 2 aromatic carbocycles. The van der Waals surface area contributed by atoms with Gasteiger partial charge in [-0.25, -0.2) is 28.1 Å². The third kappa shape index (κ3) is 7.68. The van der Waals surface area contributed by atoms with Crippen molar-refractivity contribution in [1.29, 1.82) is 0 Å². The summed E-state index contributed by atoms with van der Waals surface area (Å²) < 4.78 is 32.3. The topological polar surface area (TPSA) is 107 Å². The number of hydrogen-bond acceptors (Lipinski definition) is 6. The zero-order valence-electron chi connectivity index (χ0n) is 30.0. The van der Waals surface area contributed by atoms with E-state index < -0.39 is 28.9 Å². The van der Waals surface area contributed by atoms with Crippen molar-refractivity contribution in [2.24, 2.45) is 0 Å². The fraction of sp³-hybridized carbons (Fsp3) is 0.341. The predicted molar refractivity (Wildman–Crippen MR) is 201 cm³/mol. The van der Waals surface area contributed by atoms with Gasteiger partial charge in [-0.1, -0.05) is 56.7 Å². The normalized spacial score (nSPS) is 16.1. The first-order valence-electron chi connectivity index (χ1n) is 18.4. The van der Waals surface area contributed by atoms with Crippen LogP contribution in [0.15, 0.2) is 94.9 Å². The summed E-state index contributed by atoms with van der Waals surface area (Å²) in [5.41, 5.74) is 3.16. The van der Waals surface area contributed by atoms with Gasteiger partial charge in [0.25, 0.3) is 11.5 Å². The van der Waals surface area contributed by atoms with E-state index in [-0.39, 0.29) is 28.7 Å². The van der Waals surface area contributed by atoms with Gasteiger partial charge in [-0.2, -0.15) is 0 Å². The number of halogens is 2. The Balaban J connectivity index is 1.14. The maximum absolute atomic E-state index is 14.6. The summed E-state index contributed by atoms with van der Waals surface area (Å²) in [6.07, 6.45) is 9.06. The minimum absolute atomic E-state index is 0.0118. The molecule has 1 N–H and O–H groups in total. The molecule has 4 heterocycles. The summed E-state index contributed by atoms with van der Waals surface area (Å²) in [6.45, 7) is 7.42. The number of carbonyl (C=O) groups excluding carboxylic acids is 1. The average molecular weight is 720 g/mol. The van der Waals surface area contributed by atoms with Crippen LogP contribution in [-0.4, -0.2) is 53.4 Å². The number of fused-ring (bicyclic) bond motifs is 2. The van der Waals surface area contributed by atoms with Crippen LogP contribution in [0.25, 0.3) is 33.5 Å². The molecule has 1 saturated carbocycles. The molecule has 0 bridgehead atoms. The number of benzene rings is 2. The lowest BCUT2D eigenvalue weighted by molar-refractivity contribution is 0.0917. The largest absolute Gasteiger partial charge is 0.348 e. The lowest BCUT2D eigenvalue weighted by atomic mass is 9.90. The predicted octanol–water partition coefficient (Wildman–Crippen LogP) is 7.07. The van der Waals surface area contributed by atoms with Crippen LogP contribution < -0.4 is 16.6 Å². The highest BCUT2D eigenvalue weighted by atomic mass is 19.1. The second kappa shape index (κ2) is 15.6. The van der Waals surface area contributed by atoms with E-state index in [0.29, 0.717) is 37.0 Å². The van der Waals surface area contributed by atoms with E-state index in [4.69, 9.17) is 0 Å². The highest BCUT2D eigenvalue weighted by molar-refractivity contribution is 5.93. The Morgan fingerprint density at radius 2 is 1.68 bits per heavy atom. The van der Waals surface area contributed by atoms with Crippen molar-refractivity contribution in [3.05, 3.63) is 129 Å². The number of carbonyl (C=O) groups is 1. The molecule has 1 amide bonds. The third-order valence-electron chi connectivity index (χ3n) is 10.1. The van der Waals surface area contributed by atoms with E-state index in [9.17, 15) is 23.2 Å². The van der Waals surface area contributed by atoms with Crippen LogP contribution in [0.2, 0.25) is 0 Å². The fourth-order valence-corrected chi connectivity index (χ4v) is 7.40. The van der Waals surface area contributed by atoms with Crippen LogP contribution in [0.4, 0.5) is 8.78 Å². The van der Waals surface area contributed by atoms with Crippen molar-refractivity contribution >= 4 is 22.6 Å². The van der Waals surface area contributed by atoms with Crippen molar-refractivity contribution < 1.29 is 13.6 Å². The van der Waals surface area contributed by atoms with E-state index >= 15 is 0 Å². The Morgan fingerprint density at radius 1 is 0.887 bits per heavy atom. The average Bonchev–Trinajstić information content (AvgIpc) is 3.59. The summed E-state index contributed by atoms with van der Waals surface area (Å²) in [6, 6.07) is 19.2.